The van der Waals surface area contributed by atoms with Crippen LogP contribution in [0.2, 0.25) is 0 Å². The van der Waals surface area contributed by atoms with E-state index in [1.165, 1.54) is 12.1 Å². The Morgan fingerprint density at radius 3 is 2.89 bits per heavy atom. The summed E-state index contributed by atoms with van der Waals surface area (Å²) in [6, 6.07) is 4.75. The number of aromatic nitrogens is 2. The first-order valence-electron chi connectivity index (χ1n) is 6.42. The van der Waals surface area contributed by atoms with E-state index in [9.17, 15) is 4.39 Å². The molecule has 1 atom stereocenters. The Hall–Kier alpha value is -1.13. The Balaban J connectivity index is 2.56. The van der Waals surface area contributed by atoms with E-state index in [2.05, 4.69) is 11.9 Å². The van der Waals surface area contributed by atoms with E-state index >= 15 is 0 Å². The molecule has 1 aromatic heterocycles. The number of fused-ring (bicyclic) bond motifs is 1. The van der Waals surface area contributed by atoms with Crippen LogP contribution >= 0.6 is 11.6 Å². The molecule has 0 radical (unpaired) electrons. The van der Waals surface area contributed by atoms with Gasteiger partial charge in [0.1, 0.15) is 11.6 Å². The third-order valence-corrected chi connectivity index (χ3v) is 3.43. The average Bonchev–Trinajstić information content (AvgIpc) is 2.76. The molecule has 0 spiro atoms. The monoisotopic (exact) mass is 284 g/mol. The molecule has 3 nitrogen and oxygen atoms in total. The first-order valence-corrected chi connectivity index (χ1v) is 6.96. The first kappa shape index (κ1) is 14.3. The number of nitrogens with zero attached hydrogens (tertiary/aromatic N) is 2. The summed E-state index contributed by atoms with van der Waals surface area (Å²) in [4.78, 5) is 4.47. The van der Waals surface area contributed by atoms with Gasteiger partial charge in [-0.15, -0.1) is 11.6 Å². The summed E-state index contributed by atoms with van der Waals surface area (Å²) in [5.74, 6) is 0.806. The quantitative estimate of drug-likeness (QED) is 0.752. The SMILES string of the molecule is CCCC(COC)n1c(CCl)nc2ccc(F)cc21. The summed E-state index contributed by atoms with van der Waals surface area (Å²) in [5, 5.41) is 0. The van der Waals surface area contributed by atoms with E-state index in [0.29, 0.717) is 12.5 Å². The van der Waals surface area contributed by atoms with E-state index in [0.717, 1.165) is 29.7 Å². The van der Waals surface area contributed by atoms with Crippen molar-refractivity contribution < 1.29 is 9.13 Å². The predicted molar refractivity (Wildman–Crippen MR) is 75.1 cm³/mol. The van der Waals surface area contributed by atoms with Gasteiger partial charge in [0.15, 0.2) is 0 Å². The molecule has 0 amide bonds. The summed E-state index contributed by atoms with van der Waals surface area (Å²) in [6.07, 6.45) is 1.96. The van der Waals surface area contributed by atoms with Crippen molar-refractivity contribution in [3.8, 4) is 0 Å². The van der Waals surface area contributed by atoms with Crippen LogP contribution in [0.1, 0.15) is 31.6 Å². The normalized spacial score (nSPS) is 13.1. The van der Waals surface area contributed by atoms with Gasteiger partial charge in [-0.3, -0.25) is 0 Å². The Bertz CT molecular complexity index is 550. The number of imidazole rings is 1. The van der Waals surface area contributed by atoms with Crippen LogP contribution in [0.25, 0.3) is 11.0 Å². The van der Waals surface area contributed by atoms with Crippen LogP contribution in [0.4, 0.5) is 4.39 Å². The number of ether oxygens (including phenoxy) is 1. The molecule has 0 bridgehead atoms. The van der Waals surface area contributed by atoms with Crippen LogP contribution in [0, 0.1) is 5.82 Å². The van der Waals surface area contributed by atoms with Crippen LogP contribution in [-0.4, -0.2) is 23.3 Å². The lowest BCUT2D eigenvalue weighted by Gasteiger charge is -2.20. The second-order valence-electron chi connectivity index (χ2n) is 4.56. The van der Waals surface area contributed by atoms with Gasteiger partial charge in [0.05, 0.1) is 29.6 Å². The van der Waals surface area contributed by atoms with Gasteiger partial charge in [-0.05, 0) is 24.6 Å². The van der Waals surface area contributed by atoms with Crippen LogP contribution in [0.15, 0.2) is 18.2 Å². The van der Waals surface area contributed by atoms with Crippen molar-refractivity contribution in [3.63, 3.8) is 0 Å². The molecule has 1 heterocycles. The summed E-state index contributed by atoms with van der Waals surface area (Å²) >= 11 is 5.97. The van der Waals surface area contributed by atoms with Crippen molar-refractivity contribution in [2.75, 3.05) is 13.7 Å². The molecule has 0 N–H and O–H groups in total. The molecule has 0 aliphatic rings. The molecule has 5 heteroatoms. The molecule has 104 valence electrons. The van der Waals surface area contributed by atoms with Crippen molar-refractivity contribution in [1.29, 1.82) is 0 Å². The van der Waals surface area contributed by atoms with Crippen molar-refractivity contribution >= 4 is 22.6 Å². The van der Waals surface area contributed by atoms with Crippen molar-refractivity contribution in [1.82, 2.24) is 9.55 Å². The second kappa shape index (κ2) is 6.35. The zero-order valence-corrected chi connectivity index (χ0v) is 12.0. The van der Waals surface area contributed by atoms with Gasteiger partial charge in [-0.2, -0.15) is 0 Å². The fraction of sp³-hybridized carbons (Fsp3) is 0.500. The molecule has 0 fully saturated rings. The van der Waals surface area contributed by atoms with Crippen molar-refractivity contribution in [3.05, 3.63) is 29.8 Å². The Morgan fingerprint density at radius 1 is 1.47 bits per heavy atom. The third-order valence-electron chi connectivity index (χ3n) is 3.19. The fourth-order valence-corrected chi connectivity index (χ4v) is 2.62. The second-order valence-corrected chi connectivity index (χ2v) is 4.83. The van der Waals surface area contributed by atoms with Gasteiger partial charge >= 0.3 is 0 Å². The van der Waals surface area contributed by atoms with Crippen LogP contribution < -0.4 is 0 Å². The number of benzene rings is 1. The summed E-state index contributed by atoms with van der Waals surface area (Å²) in [5.41, 5.74) is 1.56. The molecule has 19 heavy (non-hydrogen) atoms. The van der Waals surface area contributed by atoms with E-state index in [4.69, 9.17) is 16.3 Å². The number of hydrogen-bond acceptors (Lipinski definition) is 2. The summed E-state index contributed by atoms with van der Waals surface area (Å²) in [7, 11) is 1.67. The Kier molecular flexibility index (Phi) is 4.77. The Labute approximate surface area is 117 Å². The van der Waals surface area contributed by atoms with Crippen LogP contribution in [0.3, 0.4) is 0 Å². The highest BCUT2D eigenvalue weighted by atomic mass is 35.5. The zero-order valence-electron chi connectivity index (χ0n) is 11.2. The lowest BCUT2D eigenvalue weighted by atomic mass is 10.1. The fourth-order valence-electron chi connectivity index (χ4n) is 2.43. The summed E-state index contributed by atoms with van der Waals surface area (Å²) < 4.78 is 20.7. The largest absolute Gasteiger partial charge is 0.383 e. The minimum absolute atomic E-state index is 0.135. The van der Waals surface area contributed by atoms with Gasteiger partial charge < -0.3 is 9.30 Å². The van der Waals surface area contributed by atoms with E-state index < -0.39 is 0 Å². The number of alkyl halides is 1. The maximum atomic E-state index is 13.5. The lowest BCUT2D eigenvalue weighted by molar-refractivity contribution is 0.151. The van der Waals surface area contributed by atoms with Crippen LogP contribution in [0.5, 0.6) is 0 Å². The molecule has 0 saturated heterocycles. The van der Waals surface area contributed by atoms with Gasteiger partial charge in [0.25, 0.3) is 0 Å². The first-order chi connectivity index (χ1) is 9.21. The van der Waals surface area contributed by atoms with Crippen molar-refractivity contribution in [2.45, 2.75) is 31.7 Å². The van der Waals surface area contributed by atoms with Crippen molar-refractivity contribution in [2.24, 2.45) is 0 Å². The average molecular weight is 285 g/mol. The molecule has 2 aromatic rings. The predicted octanol–water partition coefficient (Wildman–Crippen LogP) is 3.90. The van der Waals surface area contributed by atoms with Gasteiger partial charge in [0, 0.05) is 7.11 Å². The number of rotatable bonds is 6. The molecular formula is C14H18ClFN2O. The lowest BCUT2D eigenvalue weighted by Crippen LogP contribution is -2.16. The topological polar surface area (TPSA) is 27.1 Å². The molecule has 0 aliphatic heterocycles. The minimum Gasteiger partial charge on any atom is -0.383 e. The molecule has 0 saturated carbocycles. The highest BCUT2D eigenvalue weighted by Gasteiger charge is 2.18. The maximum absolute atomic E-state index is 13.5. The smallest absolute Gasteiger partial charge is 0.125 e. The highest BCUT2D eigenvalue weighted by Crippen LogP contribution is 2.26. The van der Waals surface area contributed by atoms with Gasteiger partial charge in [-0.25, -0.2) is 9.37 Å². The van der Waals surface area contributed by atoms with Gasteiger partial charge in [-0.1, -0.05) is 13.3 Å². The van der Waals surface area contributed by atoms with Crippen LogP contribution in [-0.2, 0) is 10.6 Å². The van der Waals surface area contributed by atoms with E-state index in [-0.39, 0.29) is 11.9 Å². The zero-order chi connectivity index (χ0) is 13.8. The number of hydrogen-bond donors (Lipinski definition) is 0. The maximum Gasteiger partial charge on any atom is 0.125 e. The molecule has 1 unspecified atom stereocenters. The minimum atomic E-state index is -0.262. The molecule has 1 aromatic carbocycles. The highest BCUT2D eigenvalue weighted by molar-refractivity contribution is 6.16. The third kappa shape index (κ3) is 2.90. The number of halogens is 2. The molecule has 2 rings (SSSR count). The molecule has 0 aliphatic carbocycles. The number of methoxy groups -OCH3 is 1. The van der Waals surface area contributed by atoms with Gasteiger partial charge in [0.2, 0.25) is 0 Å². The standard InChI is InChI=1S/C14H18ClFN2O/c1-3-4-11(9-19-2)18-13-7-10(16)5-6-12(13)17-14(18)8-15/h5-7,11H,3-4,8-9H2,1-2H3. The molecular weight excluding hydrogens is 267 g/mol. The summed E-state index contributed by atoms with van der Waals surface area (Å²) in [6.45, 7) is 2.68. The van der Waals surface area contributed by atoms with E-state index in [1.54, 1.807) is 13.2 Å². The Morgan fingerprint density at radius 2 is 2.26 bits per heavy atom. The van der Waals surface area contributed by atoms with E-state index in [1.807, 2.05) is 4.57 Å².